The fourth-order valence-electron chi connectivity index (χ4n) is 3.09. The van der Waals surface area contributed by atoms with E-state index in [1.54, 1.807) is 26.5 Å². The third-order valence-corrected chi connectivity index (χ3v) is 4.58. The average molecular weight is 391 g/mol. The van der Waals surface area contributed by atoms with Crippen molar-refractivity contribution in [2.75, 3.05) is 14.2 Å². The number of nitrogens with zero attached hydrogens (tertiary/aromatic N) is 1. The summed E-state index contributed by atoms with van der Waals surface area (Å²) in [7, 11) is 3.19. The van der Waals surface area contributed by atoms with Crippen LogP contribution in [0.2, 0.25) is 0 Å². The first-order valence-corrected chi connectivity index (χ1v) is 9.29. The maximum atomic E-state index is 12.8. The molecule has 0 fully saturated rings. The van der Waals surface area contributed by atoms with Crippen molar-refractivity contribution in [3.8, 4) is 22.6 Å². The molecule has 0 aliphatic carbocycles. The Labute approximate surface area is 170 Å². The Morgan fingerprint density at radius 3 is 2.31 bits per heavy atom. The van der Waals surface area contributed by atoms with Gasteiger partial charge in [0, 0.05) is 36.6 Å². The summed E-state index contributed by atoms with van der Waals surface area (Å²) in [5.74, 6) is 1.18. The highest BCUT2D eigenvalue weighted by Gasteiger charge is 2.11. The van der Waals surface area contributed by atoms with Crippen molar-refractivity contribution in [1.82, 2.24) is 10.3 Å². The number of methoxy groups -OCH3 is 2. The first kappa shape index (κ1) is 20.4. The topological polar surface area (TPSA) is 86.5 Å². The highest BCUT2D eigenvalue weighted by molar-refractivity contribution is 5.95. The predicted octanol–water partition coefficient (Wildman–Crippen LogP) is 3.46. The molecule has 1 heterocycles. The van der Waals surface area contributed by atoms with Crippen molar-refractivity contribution in [3.05, 3.63) is 77.1 Å². The van der Waals surface area contributed by atoms with Gasteiger partial charge in [-0.3, -0.25) is 9.78 Å². The number of aromatic nitrogens is 1. The Hall–Kier alpha value is -3.38. The van der Waals surface area contributed by atoms with Crippen molar-refractivity contribution in [1.29, 1.82) is 0 Å². The first-order valence-electron chi connectivity index (χ1n) is 9.29. The molecule has 0 bridgehead atoms. The lowest BCUT2D eigenvalue weighted by Crippen LogP contribution is -2.23. The summed E-state index contributed by atoms with van der Waals surface area (Å²) in [4.78, 5) is 17.1. The number of nitrogens with one attached hydrogen (secondary N) is 1. The van der Waals surface area contributed by atoms with Crippen LogP contribution in [-0.4, -0.2) is 25.1 Å². The van der Waals surface area contributed by atoms with Gasteiger partial charge in [0.1, 0.15) is 11.5 Å². The van der Waals surface area contributed by atoms with Gasteiger partial charge in [-0.05, 0) is 71.6 Å². The maximum absolute atomic E-state index is 12.8. The van der Waals surface area contributed by atoms with Crippen molar-refractivity contribution >= 4 is 5.91 Å². The SMILES string of the molecule is COc1cc(CNC(=O)c2cc(CN)cc(-c3ccnc(C)c3)c2)cc(OC)c1. The van der Waals surface area contributed by atoms with E-state index in [0.29, 0.717) is 30.2 Å². The van der Waals surface area contributed by atoms with Crippen molar-refractivity contribution in [3.63, 3.8) is 0 Å². The molecule has 0 aliphatic rings. The number of pyridine rings is 1. The van der Waals surface area contributed by atoms with Crippen LogP contribution in [0.25, 0.3) is 11.1 Å². The summed E-state index contributed by atoms with van der Waals surface area (Å²) >= 11 is 0. The second-order valence-corrected chi connectivity index (χ2v) is 6.71. The summed E-state index contributed by atoms with van der Waals surface area (Å²) in [6.45, 7) is 2.64. The van der Waals surface area contributed by atoms with Gasteiger partial charge in [-0.15, -0.1) is 0 Å². The van der Waals surface area contributed by atoms with Crippen LogP contribution in [-0.2, 0) is 13.1 Å². The highest BCUT2D eigenvalue weighted by Crippen LogP contribution is 2.24. The molecule has 6 nitrogen and oxygen atoms in total. The van der Waals surface area contributed by atoms with E-state index in [4.69, 9.17) is 15.2 Å². The summed E-state index contributed by atoms with van der Waals surface area (Å²) in [5.41, 5.74) is 11.0. The average Bonchev–Trinajstić information content (AvgIpc) is 2.76. The molecule has 3 rings (SSSR count). The number of nitrogens with two attached hydrogens (primary N) is 1. The van der Waals surface area contributed by atoms with E-state index in [1.165, 1.54) is 0 Å². The van der Waals surface area contributed by atoms with Gasteiger partial charge < -0.3 is 20.5 Å². The molecule has 0 saturated carbocycles. The lowest BCUT2D eigenvalue weighted by atomic mass is 9.99. The molecule has 6 heteroatoms. The Morgan fingerprint density at radius 2 is 1.69 bits per heavy atom. The second-order valence-electron chi connectivity index (χ2n) is 6.71. The van der Waals surface area contributed by atoms with Crippen LogP contribution in [0.15, 0.2) is 54.7 Å². The molecule has 3 aromatic rings. The molecule has 29 heavy (non-hydrogen) atoms. The second kappa shape index (κ2) is 9.21. The van der Waals surface area contributed by atoms with Gasteiger partial charge in [-0.1, -0.05) is 0 Å². The number of ether oxygens (including phenoxy) is 2. The van der Waals surface area contributed by atoms with Gasteiger partial charge in [-0.2, -0.15) is 0 Å². The lowest BCUT2D eigenvalue weighted by molar-refractivity contribution is 0.0950. The highest BCUT2D eigenvalue weighted by atomic mass is 16.5. The molecule has 150 valence electrons. The fraction of sp³-hybridized carbons (Fsp3) is 0.217. The van der Waals surface area contributed by atoms with Crippen molar-refractivity contribution in [2.45, 2.75) is 20.0 Å². The quantitative estimate of drug-likeness (QED) is 0.644. The molecule has 1 amide bonds. The van der Waals surface area contributed by atoms with Gasteiger partial charge in [0.25, 0.3) is 5.91 Å². The molecule has 3 N–H and O–H groups in total. The molecule has 0 saturated heterocycles. The number of carbonyl (C=O) groups is 1. The smallest absolute Gasteiger partial charge is 0.251 e. The Bertz CT molecular complexity index is 996. The van der Waals surface area contributed by atoms with E-state index < -0.39 is 0 Å². The van der Waals surface area contributed by atoms with E-state index >= 15 is 0 Å². The van der Waals surface area contributed by atoms with Crippen molar-refractivity contribution in [2.24, 2.45) is 5.73 Å². The summed E-state index contributed by atoms with van der Waals surface area (Å²) in [5, 5.41) is 2.96. The van der Waals surface area contributed by atoms with Crippen molar-refractivity contribution < 1.29 is 14.3 Å². The minimum atomic E-state index is -0.172. The minimum absolute atomic E-state index is 0.172. The van der Waals surface area contributed by atoms with Crippen LogP contribution in [0.4, 0.5) is 0 Å². The maximum Gasteiger partial charge on any atom is 0.251 e. The Kier molecular flexibility index (Phi) is 6.46. The Morgan fingerprint density at radius 1 is 0.966 bits per heavy atom. The number of carbonyl (C=O) groups excluding carboxylic acids is 1. The molecular formula is C23H25N3O3. The number of rotatable bonds is 7. The Balaban J connectivity index is 1.83. The van der Waals surface area contributed by atoms with Gasteiger partial charge in [0.2, 0.25) is 0 Å². The summed E-state index contributed by atoms with van der Waals surface area (Å²) in [6, 6.07) is 15.1. The van der Waals surface area contributed by atoms with E-state index in [2.05, 4.69) is 10.3 Å². The minimum Gasteiger partial charge on any atom is -0.497 e. The van der Waals surface area contributed by atoms with Gasteiger partial charge in [-0.25, -0.2) is 0 Å². The number of hydrogen-bond acceptors (Lipinski definition) is 5. The molecule has 2 aromatic carbocycles. The van der Waals surface area contributed by atoms with Crippen LogP contribution in [0.5, 0.6) is 11.5 Å². The molecule has 0 aliphatic heterocycles. The number of hydrogen-bond donors (Lipinski definition) is 2. The van der Waals surface area contributed by atoms with Crippen LogP contribution < -0.4 is 20.5 Å². The predicted molar refractivity (Wildman–Crippen MR) is 113 cm³/mol. The molecule has 0 unspecified atom stereocenters. The zero-order valence-corrected chi connectivity index (χ0v) is 16.9. The number of aryl methyl sites for hydroxylation is 1. The third kappa shape index (κ3) is 5.12. The summed E-state index contributed by atoms with van der Waals surface area (Å²) < 4.78 is 10.6. The van der Waals surface area contributed by atoms with Gasteiger partial charge in [0.15, 0.2) is 0 Å². The van der Waals surface area contributed by atoms with E-state index in [0.717, 1.165) is 27.9 Å². The number of amides is 1. The third-order valence-electron chi connectivity index (χ3n) is 4.58. The fourth-order valence-corrected chi connectivity index (χ4v) is 3.09. The zero-order chi connectivity index (χ0) is 20.8. The molecule has 1 aromatic heterocycles. The molecule has 0 atom stereocenters. The largest absolute Gasteiger partial charge is 0.497 e. The number of benzene rings is 2. The lowest BCUT2D eigenvalue weighted by Gasteiger charge is -2.12. The monoisotopic (exact) mass is 391 g/mol. The zero-order valence-electron chi connectivity index (χ0n) is 16.9. The van der Waals surface area contributed by atoms with E-state index in [9.17, 15) is 4.79 Å². The van der Waals surface area contributed by atoms with E-state index in [-0.39, 0.29) is 5.91 Å². The van der Waals surface area contributed by atoms with Gasteiger partial charge >= 0.3 is 0 Å². The van der Waals surface area contributed by atoms with Crippen LogP contribution in [0, 0.1) is 6.92 Å². The summed E-state index contributed by atoms with van der Waals surface area (Å²) in [6.07, 6.45) is 1.76. The standard InChI is InChI=1S/C23H25N3O3/c1-15-6-18(4-5-25-15)19-7-16(13-24)8-20(11-19)23(27)26-14-17-9-21(28-2)12-22(10-17)29-3/h4-12H,13-14,24H2,1-3H3,(H,26,27). The van der Waals surface area contributed by atoms with Gasteiger partial charge in [0.05, 0.1) is 14.2 Å². The normalized spacial score (nSPS) is 10.5. The van der Waals surface area contributed by atoms with Crippen LogP contribution in [0.3, 0.4) is 0 Å². The first-order chi connectivity index (χ1) is 14.0. The van der Waals surface area contributed by atoms with E-state index in [1.807, 2.05) is 49.4 Å². The molecular weight excluding hydrogens is 366 g/mol. The molecule has 0 spiro atoms. The molecule has 0 radical (unpaired) electrons. The van der Waals surface area contributed by atoms with Crippen LogP contribution >= 0.6 is 0 Å². The van der Waals surface area contributed by atoms with Crippen LogP contribution in [0.1, 0.15) is 27.2 Å².